The molecule has 1 rings (SSSR count). The Kier molecular flexibility index (Phi) is 51.6. The Bertz CT molecular complexity index is 592. The molecule has 0 unspecified atom stereocenters. The van der Waals surface area contributed by atoms with Gasteiger partial charge in [-0.25, -0.2) is 0 Å². The molecule has 0 aliphatic carbocycles. The third-order valence-electron chi connectivity index (χ3n) is 1.87. The summed E-state index contributed by atoms with van der Waals surface area (Å²) in [5.74, 6) is 6.10. The first-order valence-corrected chi connectivity index (χ1v) is 7.05. The topological polar surface area (TPSA) is 109 Å². The Morgan fingerprint density at radius 3 is 1.88 bits per heavy atom. The van der Waals surface area contributed by atoms with Crippen molar-refractivity contribution in [1.82, 2.24) is 0 Å². The summed E-state index contributed by atoms with van der Waals surface area (Å²) >= 11 is 1.25. The predicted molar refractivity (Wildman–Crippen MR) is 78.9 cm³/mol. The van der Waals surface area contributed by atoms with Gasteiger partial charge in [0.05, 0.1) is 0 Å². The normalized spacial score (nSPS) is 5.72. The van der Waals surface area contributed by atoms with Gasteiger partial charge in [-0.3, -0.25) is 0 Å². The van der Waals surface area contributed by atoms with Crippen LogP contribution in [0.2, 0.25) is 0 Å². The summed E-state index contributed by atoms with van der Waals surface area (Å²) < 4.78 is 43.3. The molecule has 0 bridgehead atoms. The van der Waals surface area contributed by atoms with Crippen LogP contribution in [0.25, 0.3) is 0 Å². The molecule has 0 heterocycles. The second-order valence-corrected chi connectivity index (χ2v) is 4.22. The van der Waals surface area contributed by atoms with Gasteiger partial charge in [-0.1, -0.05) is 0 Å². The van der Waals surface area contributed by atoms with E-state index >= 15 is 0 Å². The summed E-state index contributed by atoms with van der Waals surface area (Å²) in [5.41, 5.74) is 2.26. The van der Waals surface area contributed by atoms with Gasteiger partial charge in [0, 0.05) is 0 Å². The summed E-state index contributed by atoms with van der Waals surface area (Å²) in [7, 11) is 1.65. The fourth-order valence-corrected chi connectivity index (χ4v) is 1.33. The molecule has 1 aromatic rings. The van der Waals surface area contributed by atoms with Crippen molar-refractivity contribution in [2.45, 2.75) is 6.42 Å². The molecule has 0 aliphatic rings. The first kappa shape index (κ1) is 34.1. The van der Waals surface area contributed by atoms with E-state index in [1.807, 2.05) is 24.3 Å². The van der Waals surface area contributed by atoms with E-state index in [9.17, 15) is 0 Å². The molecule has 0 radical (unpaired) electrons. The van der Waals surface area contributed by atoms with Crippen molar-refractivity contribution in [3.63, 3.8) is 0 Å². The van der Waals surface area contributed by atoms with Gasteiger partial charge in [0.25, 0.3) is 0 Å². The maximum absolute atomic E-state index is 7.50. The number of rotatable bonds is 3. The van der Waals surface area contributed by atoms with Crippen LogP contribution < -0.4 is 0 Å². The molecule has 0 amide bonds. The van der Waals surface area contributed by atoms with E-state index < -0.39 is 0 Å². The zero-order valence-corrected chi connectivity index (χ0v) is 16.1. The fraction of sp³-hybridized carbons (Fsp3) is 0.111. The van der Waals surface area contributed by atoms with Crippen molar-refractivity contribution in [2.24, 2.45) is 0 Å². The molecule has 0 atom stereocenters. The van der Waals surface area contributed by atoms with Gasteiger partial charge in [-0.15, -0.1) is 0 Å². The van der Waals surface area contributed by atoms with Gasteiger partial charge < -0.3 is 0 Å². The minimum atomic E-state index is 0.809. The number of ether oxygens (including phenoxy) is 1. The zero-order chi connectivity index (χ0) is 21.1. The summed E-state index contributed by atoms with van der Waals surface area (Å²) in [4.78, 5) is 0. The summed E-state index contributed by atoms with van der Waals surface area (Å²) in [6.45, 7) is 26.2. The minimum absolute atomic E-state index is 0.809. The van der Waals surface area contributed by atoms with Crippen LogP contribution in [0.3, 0.4) is 0 Å². The molecule has 0 saturated carbocycles. The number of hydrogen-bond acceptors (Lipinski definition) is 1. The SMILES string of the molecule is C=CCc1ccccc1C#C[C](=[W])OC.[C-]#[O+].[C-]#[O+].[C-]#[O+].[C-]#[O+].[C-]#[O+]. The Morgan fingerprint density at radius 2 is 1.48 bits per heavy atom. The molecule has 25 heavy (non-hydrogen) atoms. The fourth-order valence-electron chi connectivity index (χ4n) is 1.15. The van der Waals surface area contributed by atoms with Gasteiger partial charge in [0.15, 0.2) is 0 Å². The van der Waals surface area contributed by atoms with E-state index in [4.69, 9.17) is 28.0 Å². The van der Waals surface area contributed by atoms with Crippen LogP contribution in [0, 0.1) is 45.1 Å². The van der Waals surface area contributed by atoms with Crippen LogP contribution in [0.5, 0.6) is 0 Å². The van der Waals surface area contributed by atoms with Crippen molar-refractivity contribution in [3.8, 4) is 11.8 Å². The predicted octanol–water partition coefficient (Wildman–Crippen LogP) is 1.90. The number of allylic oxidation sites excluding steroid dienone is 1. The Hall–Kier alpha value is -2.26. The van der Waals surface area contributed by atoms with Crippen LogP contribution in [0.1, 0.15) is 11.1 Å². The molecule has 1 aromatic carbocycles. The summed E-state index contributed by atoms with van der Waals surface area (Å²) in [6, 6.07) is 8.10. The molecule has 7 heteroatoms. The van der Waals surface area contributed by atoms with Crippen molar-refractivity contribution in [3.05, 3.63) is 81.3 Å². The van der Waals surface area contributed by atoms with Gasteiger partial charge in [0.1, 0.15) is 0 Å². The van der Waals surface area contributed by atoms with Crippen molar-refractivity contribution < 1.29 is 47.4 Å². The Balaban J connectivity index is -0.000000114. The average Bonchev–Trinajstić information content (AvgIpc) is 2.74. The van der Waals surface area contributed by atoms with Gasteiger partial charge in [0.2, 0.25) is 0 Å². The van der Waals surface area contributed by atoms with E-state index in [1.165, 1.54) is 24.9 Å². The van der Waals surface area contributed by atoms with Crippen LogP contribution in [0.15, 0.2) is 36.9 Å². The average molecular weight is 508 g/mol. The molecule has 0 N–H and O–H groups in total. The summed E-state index contributed by atoms with van der Waals surface area (Å²) in [6.07, 6.45) is 2.74. The molecule has 0 aliphatic heterocycles. The van der Waals surface area contributed by atoms with E-state index in [0.717, 1.165) is 16.1 Å². The molecule has 126 valence electrons. The zero-order valence-electron chi connectivity index (χ0n) is 13.2. The number of benzene rings is 1. The Morgan fingerprint density at radius 1 is 1.04 bits per heavy atom. The van der Waals surface area contributed by atoms with Crippen LogP contribution in [0.4, 0.5) is 0 Å². The number of hydrogen-bond donors (Lipinski definition) is 0. The monoisotopic (exact) mass is 508 g/mol. The van der Waals surface area contributed by atoms with Crippen molar-refractivity contribution >= 4 is 4.08 Å². The van der Waals surface area contributed by atoms with Crippen molar-refractivity contribution in [2.75, 3.05) is 7.11 Å². The standard InChI is InChI=1S/C13H12O.5CO.W/c1-3-7-12-8-4-5-9-13(12)10-6-11-14-2;5*1-2;/h3-5,8-9H,1,7H2,2H3;;;;;;. The van der Waals surface area contributed by atoms with E-state index in [2.05, 4.69) is 57.7 Å². The van der Waals surface area contributed by atoms with Gasteiger partial charge >= 0.3 is 158 Å². The van der Waals surface area contributed by atoms with E-state index in [1.54, 1.807) is 7.11 Å². The first-order chi connectivity index (χ1) is 12.3. The molecule has 6 nitrogen and oxygen atoms in total. The quantitative estimate of drug-likeness (QED) is 0.265. The molecule has 0 aromatic heterocycles. The third kappa shape index (κ3) is 24.1. The second kappa shape index (κ2) is 37.7. The first-order valence-electron chi connectivity index (χ1n) is 5.58. The maximum atomic E-state index is 7.50. The van der Waals surface area contributed by atoms with Crippen LogP contribution in [-0.4, -0.2) is 11.2 Å². The Labute approximate surface area is 158 Å². The molecular weight excluding hydrogens is 496 g/mol. The van der Waals surface area contributed by atoms with Gasteiger partial charge in [-0.2, -0.15) is 0 Å². The molecule has 0 saturated heterocycles. The molecule has 0 fully saturated rings. The summed E-state index contributed by atoms with van der Waals surface area (Å²) in [5, 5.41) is 0. The van der Waals surface area contributed by atoms with E-state index in [0.29, 0.717) is 0 Å². The van der Waals surface area contributed by atoms with Gasteiger partial charge in [-0.05, 0) is 0 Å². The van der Waals surface area contributed by atoms with E-state index in [-0.39, 0.29) is 0 Å². The van der Waals surface area contributed by atoms with Crippen LogP contribution >= 0.6 is 0 Å². The number of methoxy groups -OCH3 is 1. The van der Waals surface area contributed by atoms with Crippen LogP contribution in [-0.2, 0) is 53.8 Å². The third-order valence-corrected chi connectivity index (χ3v) is 2.83. The molecule has 0 spiro atoms. The molecular formula is C18H12O6W. The second-order valence-electron chi connectivity index (χ2n) is 2.89. The van der Waals surface area contributed by atoms with Crippen molar-refractivity contribution in [1.29, 1.82) is 0 Å².